The van der Waals surface area contributed by atoms with Crippen LogP contribution >= 0.6 is 23.2 Å². The Labute approximate surface area is 194 Å². The molecule has 4 rings (SSSR count). The van der Waals surface area contributed by atoms with Crippen molar-refractivity contribution in [2.75, 3.05) is 6.54 Å². The molecule has 1 N–H and O–H groups in total. The fourth-order valence-electron chi connectivity index (χ4n) is 5.84. The van der Waals surface area contributed by atoms with Crippen molar-refractivity contribution in [3.63, 3.8) is 0 Å². The predicted octanol–water partition coefficient (Wildman–Crippen LogP) is 5.00. The van der Waals surface area contributed by atoms with Gasteiger partial charge in [-0.15, -0.1) is 0 Å². The number of carbonyl (C=O) groups is 1. The summed E-state index contributed by atoms with van der Waals surface area (Å²) in [6.07, 6.45) is -4.72. The fraction of sp³-hybridized carbons (Fsp3) is 0.636. The lowest BCUT2D eigenvalue weighted by atomic mass is 9.64. The molecule has 0 spiro atoms. The first-order valence-corrected chi connectivity index (χ1v) is 11.6. The van der Waals surface area contributed by atoms with Gasteiger partial charge in [0, 0.05) is 30.0 Å². The van der Waals surface area contributed by atoms with E-state index in [1.165, 1.54) is 0 Å². The van der Waals surface area contributed by atoms with Crippen molar-refractivity contribution in [1.82, 2.24) is 14.7 Å². The number of aryl methyl sites for hydroxylation is 1. The summed E-state index contributed by atoms with van der Waals surface area (Å²) in [4.78, 5) is 15.1. The van der Waals surface area contributed by atoms with E-state index in [9.17, 15) is 23.1 Å². The molecule has 0 radical (unpaired) electrons. The van der Waals surface area contributed by atoms with E-state index in [1.807, 2.05) is 6.92 Å². The minimum absolute atomic E-state index is 0.0396. The standard InChI is InChI=1S/C22H26Cl2F3N3O2/c1-11-12-4-3-5-14(20(32)22(25,26)27)13(12)8-9-30(11)18(31)10-15-16(23)6-7-17-19(15)21(24)28-29(17)2/h6-7,11-14,20,32H,3-5,8-10H2,1-2H3/t11-,12+,13+,14+,20+/m0/s1. The average Bonchev–Trinajstić information content (AvgIpc) is 3.02. The Hall–Kier alpha value is -1.51. The topological polar surface area (TPSA) is 58.4 Å². The molecule has 1 aliphatic heterocycles. The maximum atomic E-state index is 13.3. The summed E-state index contributed by atoms with van der Waals surface area (Å²) >= 11 is 12.7. The molecule has 1 aromatic carbocycles. The molecule has 1 saturated carbocycles. The van der Waals surface area contributed by atoms with Crippen molar-refractivity contribution in [3.05, 3.63) is 27.9 Å². The molecule has 176 valence electrons. The molecule has 1 saturated heterocycles. The largest absolute Gasteiger partial charge is 0.414 e. The molecule has 0 unspecified atom stereocenters. The van der Waals surface area contributed by atoms with E-state index in [1.54, 1.807) is 28.8 Å². The van der Waals surface area contributed by atoms with Gasteiger partial charge in [0.25, 0.3) is 0 Å². The summed E-state index contributed by atoms with van der Waals surface area (Å²) in [5, 5.41) is 15.5. The summed E-state index contributed by atoms with van der Waals surface area (Å²) < 4.78 is 41.2. The van der Waals surface area contributed by atoms with Gasteiger partial charge in [-0.1, -0.05) is 29.6 Å². The summed E-state index contributed by atoms with van der Waals surface area (Å²) in [5.74, 6) is -1.27. The number of rotatable bonds is 3. The highest BCUT2D eigenvalue weighted by atomic mass is 35.5. The number of benzene rings is 1. The second kappa shape index (κ2) is 8.69. The van der Waals surface area contributed by atoms with Crippen LogP contribution in [0.5, 0.6) is 0 Å². The Morgan fingerprint density at radius 2 is 1.97 bits per heavy atom. The minimum Gasteiger partial charge on any atom is -0.383 e. The Kier molecular flexibility index (Phi) is 6.42. The number of likely N-dealkylation sites (tertiary alicyclic amines) is 1. The zero-order valence-corrected chi connectivity index (χ0v) is 19.4. The van der Waals surface area contributed by atoms with Gasteiger partial charge in [-0.05, 0) is 61.6 Å². The molecule has 1 amide bonds. The molecule has 10 heteroatoms. The van der Waals surface area contributed by atoms with Crippen molar-refractivity contribution in [1.29, 1.82) is 0 Å². The second-order valence-electron chi connectivity index (χ2n) is 9.04. The van der Waals surface area contributed by atoms with Gasteiger partial charge in [-0.3, -0.25) is 9.48 Å². The van der Waals surface area contributed by atoms with Gasteiger partial charge in [0.1, 0.15) is 0 Å². The molecule has 32 heavy (non-hydrogen) atoms. The van der Waals surface area contributed by atoms with Crippen LogP contribution < -0.4 is 0 Å². The molecule has 0 bridgehead atoms. The highest BCUT2D eigenvalue weighted by Crippen LogP contribution is 2.47. The Morgan fingerprint density at radius 1 is 1.25 bits per heavy atom. The number of fused-ring (bicyclic) bond motifs is 2. The number of piperidine rings is 1. The van der Waals surface area contributed by atoms with Crippen molar-refractivity contribution in [3.8, 4) is 0 Å². The number of aromatic nitrogens is 2. The first-order valence-electron chi connectivity index (χ1n) is 10.8. The molecule has 1 aliphatic carbocycles. The zero-order valence-electron chi connectivity index (χ0n) is 17.9. The van der Waals surface area contributed by atoms with Gasteiger partial charge < -0.3 is 10.0 Å². The highest BCUT2D eigenvalue weighted by molar-refractivity contribution is 6.37. The molecular weight excluding hydrogens is 466 g/mol. The lowest BCUT2D eigenvalue weighted by molar-refractivity contribution is -0.233. The monoisotopic (exact) mass is 491 g/mol. The van der Waals surface area contributed by atoms with Crippen molar-refractivity contribution < 1.29 is 23.1 Å². The lowest BCUT2D eigenvalue weighted by Crippen LogP contribution is -2.55. The van der Waals surface area contributed by atoms with E-state index in [4.69, 9.17) is 23.2 Å². The van der Waals surface area contributed by atoms with Gasteiger partial charge in [0.2, 0.25) is 5.91 Å². The second-order valence-corrected chi connectivity index (χ2v) is 9.80. The highest BCUT2D eigenvalue weighted by Gasteiger charge is 2.51. The van der Waals surface area contributed by atoms with E-state index < -0.39 is 18.2 Å². The molecule has 5 nitrogen and oxygen atoms in total. The van der Waals surface area contributed by atoms with Crippen molar-refractivity contribution >= 4 is 40.0 Å². The predicted molar refractivity (Wildman–Crippen MR) is 117 cm³/mol. The van der Waals surface area contributed by atoms with Crippen LogP contribution in [0.1, 0.15) is 38.2 Å². The van der Waals surface area contributed by atoms with Gasteiger partial charge in [0.15, 0.2) is 11.3 Å². The number of hydrogen-bond donors (Lipinski definition) is 1. The van der Waals surface area contributed by atoms with Crippen LogP contribution in [-0.2, 0) is 18.3 Å². The van der Waals surface area contributed by atoms with Gasteiger partial charge in [-0.25, -0.2) is 0 Å². The number of nitrogens with zero attached hydrogens (tertiary/aromatic N) is 3. The van der Waals surface area contributed by atoms with Crippen LogP contribution in [0.15, 0.2) is 12.1 Å². The lowest BCUT2D eigenvalue weighted by Gasteiger charge is -2.50. The zero-order chi connectivity index (χ0) is 23.4. The number of halogens is 5. The smallest absolute Gasteiger partial charge is 0.383 e. The van der Waals surface area contributed by atoms with Crippen LogP contribution in [0.4, 0.5) is 13.2 Å². The maximum absolute atomic E-state index is 13.3. The molecule has 2 aromatic rings. The van der Waals surface area contributed by atoms with Crippen LogP contribution in [0.2, 0.25) is 10.2 Å². The third kappa shape index (κ3) is 4.10. The first-order chi connectivity index (χ1) is 15.0. The van der Waals surface area contributed by atoms with Crippen LogP contribution in [0.3, 0.4) is 0 Å². The van der Waals surface area contributed by atoms with Crippen LogP contribution in [0, 0.1) is 17.8 Å². The minimum atomic E-state index is -4.62. The normalized spacial score (nSPS) is 27.4. The number of carbonyl (C=O) groups excluding carboxylic acids is 1. The number of aliphatic hydroxyl groups excluding tert-OH is 1. The van der Waals surface area contributed by atoms with E-state index in [0.29, 0.717) is 41.8 Å². The number of hydrogen-bond acceptors (Lipinski definition) is 3. The van der Waals surface area contributed by atoms with Crippen LogP contribution in [-0.4, -0.2) is 50.6 Å². The molecular formula is C22H26Cl2F3N3O2. The van der Waals surface area contributed by atoms with Gasteiger partial charge in [-0.2, -0.15) is 18.3 Å². The van der Waals surface area contributed by atoms with E-state index in [-0.39, 0.29) is 35.4 Å². The third-order valence-corrected chi connectivity index (χ3v) is 8.02. The Balaban J connectivity index is 1.55. The third-order valence-electron chi connectivity index (χ3n) is 7.41. The summed E-state index contributed by atoms with van der Waals surface area (Å²) in [7, 11) is 1.76. The fourth-order valence-corrected chi connectivity index (χ4v) is 6.39. The van der Waals surface area contributed by atoms with E-state index >= 15 is 0 Å². The Bertz CT molecular complexity index is 1030. The van der Waals surface area contributed by atoms with Crippen molar-refractivity contribution in [2.24, 2.45) is 24.8 Å². The molecule has 2 heterocycles. The average molecular weight is 492 g/mol. The molecule has 5 atom stereocenters. The molecule has 1 aromatic heterocycles. The number of alkyl halides is 3. The first kappa shape index (κ1) is 23.6. The molecule has 2 aliphatic rings. The van der Waals surface area contributed by atoms with E-state index in [2.05, 4.69) is 5.10 Å². The summed E-state index contributed by atoms with van der Waals surface area (Å²) in [6, 6.07) is 3.30. The Morgan fingerprint density at radius 3 is 2.66 bits per heavy atom. The molecule has 2 fully saturated rings. The summed E-state index contributed by atoms with van der Waals surface area (Å²) in [6.45, 7) is 2.26. The summed E-state index contributed by atoms with van der Waals surface area (Å²) in [5.41, 5.74) is 1.38. The van der Waals surface area contributed by atoms with Crippen LogP contribution in [0.25, 0.3) is 10.9 Å². The van der Waals surface area contributed by atoms with E-state index in [0.717, 1.165) is 11.9 Å². The number of aliphatic hydroxyl groups is 1. The van der Waals surface area contributed by atoms with Gasteiger partial charge >= 0.3 is 6.18 Å². The quantitative estimate of drug-likeness (QED) is 0.657. The maximum Gasteiger partial charge on any atom is 0.414 e. The number of amides is 1. The van der Waals surface area contributed by atoms with Crippen molar-refractivity contribution in [2.45, 2.75) is 57.3 Å². The van der Waals surface area contributed by atoms with Gasteiger partial charge in [0.05, 0.1) is 11.9 Å². The SMILES string of the molecule is C[C@H]1[C@H]2CCC[C@@H]([C@@H](O)C(F)(F)F)[C@@H]2CCN1C(=O)Cc1c(Cl)ccc2c1c(Cl)nn2C.